The van der Waals surface area contributed by atoms with Crippen LogP contribution in [0.15, 0.2) is 12.3 Å². The smallest absolute Gasteiger partial charge is 0.210 e. The van der Waals surface area contributed by atoms with E-state index in [0.717, 1.165) is 12.1 Å². The molecule has 68 valence electrons. The maximum Gasteiger partial charge on any atom is 0.210 e. The first-order valence-electron chi connectivity index (χ1n) is 3.95. The third-order valence-electron chi connectivity index (χ3n) is 2.03. The predicted octanol–water partition coefficient (Wildman–Crippen LogP) is -0.423. The Balaban J connectivity index is 2.58. The molecule has 0 saturated carbocycles. The van der Waals surface area contributed by atoms with Crippen molar-refractivity contribution in [2.75, 3.05) is 26.8 Å². The quantitative estimate of drug-likeness (QED) is 0.585. The number of rotatable bonds is 3. The maximum atomic E-state index is 10.6. The largest absolute Gasteiger partial charge is 0.390 e. The van der Waals surface area contributed by atoms with Crippen molar-refractivity contribution in [1.82, 2.24) is 10.2 Å². The highest BCUT2D eigenvalue weighted by atomic mass is 16.5. The van der Waals surface area contributed by atoms with Crippen molar-refractivity contribution in [3.8, 4) is 0 Å². The van der Waals surface area contributed by atoms with Gasteiger partial charge in [0.1, 0.15) is 0 Å². The fraction of sp³-hybridized carbons (Fsp3) is 0.625. The van der Waals surface area contributed by atoms with Crippen LogP contribution in [0.1, 0.15) is 0 Å². The molecule has 1 heterocycles. The number of likely N-dealkylation sites (N-methyl/N-ethyl adjacent to an activating group) is 1. The molecule has 0 aromatic carbocycles. The lowest BCUT2D eigenvalue weighted by Gasteiger charge is -2.33. The highest BCUT2D eigenvalue weighted by molar-refractivity contribution is 5.49. The number of nitrogens with zero attached hydrogens (tertiary/aromatic N) is 1. The van der Waals surface area contributed by atoms with Gasteiger partial charge in [0.25, 0.3) is 0 Å². The van der Waals surface area contributed by atoms with Crippen LogP contribution in [0.2, 0.25) is 0 Å². The topological polar surface area (TPSA) is 41.6 Å². The Kier molecular flexibility index (Phi) is 3.10. The molecule has 1 aliphatic rings. The van der Waals surface area contributed by atoms with Crippen LogP contribution in [-0.4, -0.2) is 44.2 Å². The standard InChI is InChI=1S/C8H14N2O2/c1-7(9-2)8-5-12-4-3-10(8)6-11/h6,8-9H,1,3-5H2,2H3/t8-/m1/s1. The molecule has 4 heteroatoms. The van der Waals surface area contributed by atoms with Gasteiger partial charge in [0.2, 0.25) is 6.41 Å². The van der Waals surface area contributed by atoms with Crippen molar-refractivity contribution in [1.29, 1.82) is 0 Å². The molecule has 0 aromatic rings. The number of morpholine rings is 1. The van der Waals surface area contributed by atoms with E-state index in [1.165, 1.54) is 0 Å². The second kappa shape index (κ2) is 4.11. The molecule has 4 nitrogen and oxygen atoms in total. The lowest BCUT2D eigenvalue weighted by Crippen LogP contribution is -2.47. The molecule has 1 fully saturated rings. The van der Waals surface area contributed by atoms with Crippen LogP contribution in [0.4, 0.5) is 0 Å². The summed E-state index contributed by atoms with van der Waals surface area (Å²) in [6.07, 6.45) is 0.843. The van der Waals surface area contributed by atoms with E-state index in [1.807, 2.05) is 0 Å². The fourth-order valence-electron chi connectivity index (χ4n) is 1.21. The summed E-state index contributed by atoms with van der Waals surface area (Å²) >= 11 is 0. The molecule has 1 amide bonds. The highest BCUT2D eigenvalue weighted by Gasteiger charge is 2.23. The predicted molar refractivity (Wildman–Crippen MR) is 45.6 cm³/mol. The Labute approximate surface area is 72.2 Å². The van der Waals surface area contributed by atoms with Gasteiger partial charge in [-0.05, 0) is 0 Å². The van der Waals surface area contributed by atoms with Gasteiger partial charge >= 0.3 is 0 Å². The van der Waals surface area contributed by atoms with Crippen molar-refractivity contribution < 1.29 is 9.53 Å². The minimum absolute atomic E-state index is 0.0127. The Morgan fingerprint density at radius 2 is 2.58 bits per heavy atom. The van der Waals surface area contributed by atoms with Gasteiger partial charge in [-0.15, -0.1) is 0 Å². The first-order chi connectivity index (χ1) is 5.79. The lowest BCUT2D eigenvalue weighted by atomic mass is 10.2. The normalized spacial score (nSPS) is 23.4. The van der Waals surface area contributed by atoms with E-state index < -0.39 is 0 Å². The summed E-state index contributed by atoms with van der Waals surface area (Å²) in [7, 11) is 1.79. The van der Waals surface area contributed by atoms with Gasteiger partial charge in [-0.2, -0.15) is 0 Å². The van der Waals surface area contributed by atoms with E-state index in [-0.39, 0.29) is 6.04 Å². The van der Waals surface area contributed by atoms with Gasteiger partial charge in [-0.1, -0.05) is 6.58 Å². The summed E-state index contributed by atoms with van der Waals surface area (Å²) < 4.78 is 5.24. The molecule has 0 spiro atoms. The van der Waals surface area contributed by atoms with E-state index in [1.54, 1.807) is 11.9 Å². The Hall–Kier alpha value is -1.03. The molecule has 0 unspecified atom stereocenters. The van der Waals surface area contributed by atoms with Gasteiger partial charge in [0, 0.05) is 19.3 Å². The van der Waals surface area contributed by atoms with Crippen molar-refractivity contribution in [3.63, 3.8) is 0 Å². The van der Waals surface area contributed by atoms with Gasteiger partial charge < -0.3 is 15.0 Å². The van der Waals surface area contributed by atoms with Crippen molar-refractivity contribution in [2.45, 2.75) is 6.04 Å². The molecule has 1 saturated heterocycles. The number of hydrogen-bond donors (Lipinski definition) is 1. The first kappa shape index (κ1) is 9.06. The van der Waals surface area contributed by atoms with E-state index >= 15 is 0 Å². The van der Waals surface area contributed by atoms with Gasteiger partial charge in [-0.25, -0.2) is 0 Å². The third kappa shape index (κ3) is 1.76. The minimum Gasteiger partial charge on any atom is -0.390 e. The van der Waals surface area contributed by atoms with Crippen LogP contribution in [-0.2, 0) is 9.53 Å². The van der Waals surface area contributed by atoms with E-state index in [9.17, 15) is 4.79 Å². The van der Waals surface area contributed by atoms with Gasteiger partial charge in [-0.3, -0.25) is 4.79 Å². The van der Waals surface area contributed by atoms with E-state index in [4.69, 9.17) is 4.74 Å². The first-order valence-corrected chi connectivity index (χ1v) is 3.95. The van der Waals surface area contributed by atoms with E-state index in [2.05, 4.69) is 11.9 Å². The zero-order valence-electron chi connectivity index (χ0n) is 7.25. The summed E-state index contributed by atoms with van der Waals surface area (Å²) in [5.74, 6) is 0. The molecular formula is C8H14N2O2. The summed E-state index contributed by atoms with van der Waals surface area (Å²) in [6.45, 7) is 5.61. The van der Waals surface area contributed by atoms with E-state index in [0.29, 0.717) is 19.8 Å². The van der Waals surface area contributed by atoms with Crippen LogP contribution in [0.3, 0.4) is 0 Å². The molecule has 12 heavy (non-hydrogen) atoms. The third-order valence-corrected chi connectivity index (χ3v) is 2.03. The van der Waals surface area contributed by atoms with Gasteiger partial charge in [0.05, 0.1) is 19.3 Å². The summed E-state index contributed by atoms with van der Waals surface area (Å²) in [6, 6.07) is -0.0127. The lowest BCUT2D eigenvalue weighted by molar-refractivity contribution is -0.124. The Bertz CT molecular complexity index is 182. The van der Waals surface area contributed by atoms with Crippen molar-refractivity contribution in [3.05, 3.63) is 12.3 Å². The molecule has 0 aliphatic carbocycles. The number of nitrogens with one attached hydrogen (secondary N) is 1. The highest BCUT2D eigenvalue weighted by Crippen LogP contribution is 2.09. The number of ether oxygens (including phenoxy) is 1. The van der Waals surface area contributed by atoms with Crippen molar-refractivity contribution >= 4 is 6.41 Å². The average molecular weight is 170 g/mol. The summed E-state index contributed by atoms with van der Waals surface area (Å²) in [5, 5.41) is 2.92. The molecular weight excluding hydrogens is 156 g/mol. The summed E-state index contributed by atoms with van der Waals surface area (Å²) in [5.41, 5.74) is 0.821. The number of carbonyl (C=O) groups is 1. The van der Waals surface area contributed by atoms with Crippen LogP contribution in [0, 0.1) is 0 Å². The second-order valence-corrected chi connectivity index (χ2v) is 2.71. The molecule has 1 aliphatic heterocycles. The summed E-state index contributed by atoms with van der Waals surface area (Å²) in [4.78, 5) is 12.3. The Morgan fingerprint density at radius 1 is 1.83 bits per heavy atom. The van der Waals surface area contributed by atoms with Gasteiger partial charge in [0.15, 0.2) is 0 Å². The fourth-order valence-corrected chi connectivity index (χ4v) is 1.21. The van der Waals surface area contributed by atoms with Crippen LogP contribution < -0.4 is 5.32 Å². The SMILES string of the molecule is C=C(NC)[C@H]1COCCN1C=O. The zero-order valence-corrected chi connectivity index (χ0v) is 7.25. The molecule has 1 atom stereocenters. The molecule has 0 bridgehead atoms. The minimum atomic E-state index is -0.0127. The van der Waals surface area contributed by atoms with Crippen LogP contribution in [0.5, 0.6) is 0 Å². The molecule has 0 aromatic heterocycles. The molecule has 1 N–H and O–H groups in total. The average Bonchev–Trinajstić information content (AvgIpc) is 2.16. The number of hydrogen-bond acceptors (Lipinski definition) is 3. The molecule has 1 rings (SSSR count). The van der Waals surface area contributed by atoms with Crippen molar-refractivity contribution in [2.24, 2.45) is 0 Å². The molecule has 0 radical (unpaired) electrons. The zero-order chi connectivity index (χ0) is 8.97. The Morgan fingerprint density at radius 3 is 3.17 bits per heavy atom. The maximum absolute atomic E-state index is 10.6. The number of carbonyl (C=O) groups excluding carboxylic acids is 1. The van der Waals surface area contributed by atoms with Crippen LogP contribution >= 0.6 is 0 Å². The van der Waals surface area contributed by atoms with Crippen LogP contribution in [0.25, 0.3) is 0 Å². The monoisotopic (exact) mass is 170 g/mol. The number of amides is 1. The second-order valence-electron chi connectivity index (χ2n) is 2.71.